The lowest BCUT2D eigenvalue weighted by Crippen LogP contribution is -2.18. The molecule has 0 radical (unpaired) electrons. The molecule has 2 heteroatoms. The van der Waals surface area contributed by atoms with Crippen molar-refractivity contribution in [3.05, 3.63) is 29.6 Å². The van der Waals surface area contributed by atoms with Gasteiger partial charge in [0.25, 0.3) is 0 Å². The Labute approximate surface area is 91.9 Å². The maximum Gasteiger partial charge on any atom is 0.125 e. The molecule has 1 atom stereocenters. The molecule has 0 heterocycles. The Bertz CT molecular complexity index is 322. The van der Waals surface area contributed by atoms with E-state index < -0.39 is 0 Å². The maximum absolute atomic E-state index is 13.2. The van der Waals surface area contributed by atoms with Crippen LogP contribution in [-0.2, 0) is 0 Å². The first-order valence-corrected chi connectivity index (χ1v) is 5.60. The van der Waals surface area contributed by atoms with E-state index in [1.165, 1.54) is 5.56 Å². The first kappa shape index (κ1) is 12.0. The molecule has 0 aliphatic carbocycles. The highest BCUT2D eigenvalue weighted by Gasteiger charge is 2.12. The van der Waals surface area contributed by atoms with E-state index in [9.17, 15) is 4.39 Å². The monoisotopic (exact) mass is 209 g/mol. The maximum atomic E-state index is 13.2. The lowest BCUT2D eigenvalue weighted by atomic mass is 9.96. The summed E-state index contributed by atoms with van der Waals surface area (Å²) in [5, 5.41) is 0. The molecular formula is C13H20FN. The number of benzene rings is 1. The minimum Gasteiger partial charge on any atom is -0.375 e. The molecule has 1 aromatic carbocycles. The molecule has 0 bridgehead atoms. The van der Waals surface area contributed by atoms with Gasteiger partial charge in [-0.05, 0) is 37.0 Å². The molecule has 0 amide bonds. The largest absolute Gasteiger partial charge is 0.375 e. The Morgan fingerprint density at radius 2 is 2.00 bits per heavy atom. The van der Waals surface area contributed by atoms with E-state index >= 15 is 0 Å². The van der Waals surface area contributed by atoms with E-state index in [2.05, 4.69) is 25.7 Å². The molecule has 0 saturated carbocycles. The van der Waals surface area contributed by atoms with Crippen molar-refractivity contribution in [3.8, 4) is 0 Å². The summed E-state index contributed by atoms with van der Waals surface area (Å²) in [6, 6.07) is 5.09. The smallest absolute Gasteiger partial charge is 0.125 e. The van der Waals surface area contributed by atoms with E-state index in [1.54, 1.807) is 12.1 Å². The summed E-state index contributed by atoms with van der Waals surface area (Å²) in [6.45, 7) is 7.31. The average molecular weight is 209 g/mol. The predicted molar refractivity (Wildman–Crippen MR) is 64.1 cm³/mol. The Kier molecular flexibility index (Phi) is 4.13. The molecule has 0 aromatic heterocycles. The number of halogens is 1. The van der Waals surface area contributed by atoms with Crippen LogP contribution in [0.2, 0.25) is 0 Å². The Hall–Kier alpha value is -1.05. The van der Waals surface area contributed by atoms with Crippen LogP contribution in [0.3, 0.4) is 0 Å². The molecule has 0 spiro atoms. The molecule has 0 aliphatic rings. The minimum absolute atomic E-state index is 0.155. The summed E-state index contributed by atoms with van der Waals surface area (Å²) in [5.41, 5.74) is 2.26. The first-order valence-electron chi connectivity index (χ1n) is 5.60. The third kappa shape index (κ3) is 2.71. The number of rotatable bonds is 4. The second-order valence-electron chi connectivity index (χ2n) is 4.03. The average Bonchev–Trinajstić information content (AvgIpc) is 2.26. The van der Waals surface area contributed by atoms with Crippen LogP contribution in [0.5, 0.6) is 0 Å². The van der Waals surface area contributed by atoms with Crippen molar-refractivity contribution in [2.24, 2.45) is 0 Å². The second-order valence-corrected chi connectivity index (χ2v) is 4.03. The topological polar surface area (TPSA) is 3.24 Å². The molecular weight excluding hydrogens is 189 g/mol. The van der Waals surface area contributed by atoms with E-state index in [0.717, 1.165) is 18.7 Å². The third-order valence-corrected chi connectivity index (χ3v) is 3.02. The Morgan fingerprint density at radius 1 is 1.33 bits per heavy atom. The van der Waals surface area contributed by atoms with Gasteiger partial charge in [0.2, 0.25) is 0 Å². The lowest BCUT2D eigenvalue weighted by molar-refractivity contribution is 0.624. The lowest BCUT2D eigenvalue weighted by Gasteiger charge is -2.23. The van der Waals surface area contributed by atoms with Gasteiger partial charge >= 0.3 is 0 Å². The van der Waals surface area contributed by atoms with Gasteiger partial charge in [-0.1, -0.05) is 19.9 Å². The highest BCUT2D eigenvalue weighted by molar-refractivity contribution is 5.54. The SMILES string of the molecule is CCC(C)c1ccc(F)cc1N(C)CC. The molecule has 1 aromatic rings. The van der Waals surface area contributed by atoms with Crippen molar-refractivity contribution in [3.63, 3.8) is 0 Å². The van der Waals surface area contributed by atoms with Gasteiger partial charge in [-0.3, -0.25) is 0 Å². The quantitative estimate of drug-likeness (QED) is 0.729. The molecule has 0 N–H and O–H groups in total. The molecule has 15 heavy (non-hydrogen) atoms. The first-order chi connectivity index (χ1) is 7.10. The highest BCUT2D eigenvalue weighted by Crippen LogP contribution is 2.29. The predicted octanol–water partition coefficient (Wildman–Crippen LogP) is 3.80. The van der Waals surface area contributed by atoms with Crippen molar-refractivity contribution >= 4 is 5.69 Å². The summed E-state index contributed by atoms with van der Waals surface area (Å²) < 4.78 is 13.2. The van der Waals surface area contributed by atoms with Gasteiger partial charge in [0.15, 0.2) is 0 Å². The van der Waals surface area contributed by atoms with E-state index in [4.69, 9.17) is 0 Å². The van der Waals surface area contributed by atoms with Crippen LogP contribution in [-0.4, -0.2) is 13.6 Å². The van der Waals surface area contributed by atoms with Crippen molar-refractivity contribution < 1.29 is 4.39 Å². The minimum atomic E-state index is -0.155. The van der Waals surface area contributed by atoms with Crippen molar-refractivity contribution in [2.45, 2.75) is 33.1 Å². The fourth-order valence-corrected chi connectivity index (χ4v) is 1.65. The zero-order valence-corrected chi connectivity index (χ0v) is 10.0. The molecule has 1 nitrogen and oxygen atoms in total. The van der Waals surface area contributed by atoms with Crippen LogP contribution >= 0.6 is 0 Å². The van der Waals surface area contributed by atoms with Crippen LogP contribution in [0.4, 0.5) is 10.1 Å². The molecule has 0 aliphatic heterocycles. The van der Waals surface area contributed by atoms with Gasteiger partial charge in [0.05, 0.1) is 0 Å². The molecule has 0 fully saturated rings. The normalized spacial score (nSPS) is 12.6. The second kappa shape index (κ2) is 5.15. The van der Waals surface area contributed by atoms with Crippen molar-refractivity contribution in [1.82, 2.24) is 0 Å². The number of hydrogen-bond acceptors (Lipinski definition) is 1. The van der Waals surface area contributed by atoms with Gasteiger partial charge in [0.1, 0.15) is 5.82 Å². The van der Waals surface area contributed by atoms with Gasteiger partial charge in [-0.2, -0.15) is 0 Å². The standard InChI is InChI=1S/C13H20FN/c1-5-10(3)12-8-7-11(14)9-13(12)15(4)6-2/h7-10H,5-6H2,1-4H3. The summed E-state index contributed by atoms with van der Waals surface area (Å²) in [7, 11) is 2.00. The van der Waals surface area contributed by atoms with Crippen molar-refractivity contribution in [2.75, 3.05) is 18.5 Å². The van der Waals surface area contributed by atoms with Crippen LogP contribution in [0.25, 0.3) is 0 Å². The molecule has 84 valence electrons. The van der Waals surface area contributed by atoms with Crippen LogP contribution in [0.1, 0.15) is 38.7 Å². The summed E-state index contributed by atoms with van der Waals surface area (Å²) in [5.74, 6) is 0.326. The van der Waals surface area contributed by atoms with Crippen LogP contribution in [0, 0.1) is 5.82 Å². The zero-order chi connectivity index (χ0) is 11.4. The van der Waals surface area contributed by atoms with Gasteiger partial charge < -0.3 is 4.90 Å². The third-order valence-electron chi connectivity index (χ3n) is 3.02. The van der Waals surface area contributed by atoms with Crippen LogP contribution < -0.4 is 4.90 Å². The Morgan fingerprint density at radius 3 is 2.53 bits per heavy atom. The van der Waals surface area contributed by atoms with E-state index in [-0.39, 0.29) is 5.82 Å². The molecule has 1 rings (SSSR count). The fourth-order valence-electron chi connectivity index (χ4n) is 1.65. The van der Waals surface area contributed by atoms with Gasteiger partial charge in [-0.15, -0.1) is 0 Å². The summed E-state index contributed by atoms with van der Waals surface area (Å²) in [4.78, 5) is 2.09. The van der Waals surface area contributed by atoms with E-state index in [0.29, 0.717) is 5.92 Å². The Balaban J connectivity index is 3.14. The summed E-state index contributed by atoms with van der Waals surface area (Å²) in [6.07, 6.45) is 1.08. The molecule has 0 saturated heterocycles. The van der Waals surface area contributed by atoms with Gasteiger partial charge in [0, 0.05) is 19.3 Å². The van der Waals surface area contributed by atoms with Gasteiger partial charge in [-0.25, -0.2) is 4.39 Å². The molecule has 1 unspecified atom stereocenters. The highest BCUT2D eigenvalue weighted by atomic mass is 19.1. The van der Waals surface area contributed by atoms with Crippen molar-refractivity contribution in [1.29, 1.82) is 0 Å². The summed E-state index contributed by atoms with van der Waals surface area (Å²) >= 11 is 0. The van der Waals surface area contributed by atoms with Crippen LogP contribution in [0.15, 0.2) is 18.2 Å². The van der Waals surface area contributed by atoms with E-state index in [1.807, 2.05) is 13.1 Å². The fraction of sp³-hybridized carbons (Fsp3) is 0.538. The number of anilines is 1. The zero-order valence-electron chi connectivity index (χ0n) is 10.0. The number of nitrogens with zero attached hydrogens (tertiary/aromatic N) is 1. The number of hydrogen-bond donors (Lipinski definition) is 0.